The third kappa shape index (κ3) is 7.08. The Morgan fingerprint density at radius 1 is 1.13 bits per heavy atom. The van der Waals surface area contributed by atoms with Gasteiger partial charge in [-0.2, -0.15) is 0 Å². The van der Waals surface area contributed by atoms with Crippen molar-refractivity contribution in [2.45, 2.75) is 32.7 Å². The van der Waals surface area contributed by atoms with E-state index in [9.17, 15) is 4.79 Å². The van der Waals surface area contributed by atoms with Crippen molar-refractivity contribution in [2.24, 2.45) is 0 Å². The molecule has 1 aliphatic rings. The molecule has 0 aliphatic carbocycles. The number of hydrogen-bond acceptors (Lipinski definition) is 4. The van der Waals surface area contributed by atoms with Gasteiger partial charge in [-0.1, -0.05) is 38.1 Å². The van der Waals surface area contributed by atoms with Crippen LogP contribution in [-0.2, 0) is 16.1 Å². The summed E-state index contributed by atoms with van der Waals surface area (Å²) >= 11 is 0. The zero-order chi connectivity index (χ0) is 21.2. The van der Waals surface area contributed by atoms with E-state index < -0.39 is 0 Å². The lowest BCUT2D eigenvalue weighted by molar-refractivity contribution is -0.126. The summed E-state index contributed by atoms with van der Waals surface area (Å²) in [6, 6.07) is 12.3. The molecule has 160 valence electrons. The first-order valence-corrected chi connectivity index (χ1v) is 10.9. The Balaban J connectivity index is 1.60. The number of carbonyl (C=O) groups excluding carboxylic acids is 1. The van der Waals surface area contributed by atoms with Gasteiger partial charge in [0.05, 0.1) is 13.2 Å². The highest BCUT2D eigenvalue weighted by molar-refractivity contribution is 5.91. The van der Waals surface area contributed by atoms with Gasteiger partial charge in [-0.05, 0) is 47.2 Å². The molecule has 1 aromatic carbocycles. The van der Waals surface area contributed by atoms with Crippen LogP contribution in [0.3, 0.4) is 0 Å². The smallest absolute Gasteiger partial charge is 0.246 e. The Labute approximate surface area is 180 Å². The highest BCUT2D eigenvalue weighted by Gasteiger charge is 2.14. The van der Waals surface area contributed by atoms with Gasteiger partial charge < -0.3 is 9.64 Å². The predicted molar refractivity (Wildman–Crippen MR) is 121 cm³/mol. The van der Waals surface area contributed by atoms with Crippen molar-refractivity contribution < 1.29 is 9.53 Å². The molecule has 1 fully saturated rings. The Morgan fingerprint density at radius 3 is 2.50 bits per heavy atom. The van der Waals surface area contributed by atoms with Gasteiger partial charge >= 0.3 is 0 Å². The van der Waals surface area contributed by atoms with Crippen molar-refractivity contribution in [3.05, 3.63) is 71.6 Å². The molecule has 0 spiro atoms. The van der Waals surface area contributed by atoms with Crippen LogP contribution in [0.25, 0.3) is 6.08 Å². The summed E-state index contributed by atoms with van der Waals surface area (Å²) in [5.74, 6) is 0.550. The lowest BCUT2D eigenvalue weighted by atomic mass is 10.0. The lowest BCUT2D eigenvalue weighted by Gasteiger charge is -2.28. The molecule has 30 heavy (non-hydrogen) atoms. The van der Waals surface area contributed by atoms with Crippen LogP contribution in [0.15, 0.2) is 54.9 Å². The number of aromatic nitrogens is 1. The number of hydrogen-bond donors (Lipinski definition) is 0. The molecule has 0 unspecified atom stereocenters. The first-order chi connectivity index (χ1) is 14.6. The van der Waals surface area contributed by atoms with E-state index >= 15 is 0 Å². The van der Waals surface area contributed by atoms with Crippen molar-refractivity contribution in [1.29, 1.82) is 0 Å². The number of rotatable bonds is 9. The molecule has 1 aliphatic heterocycles. The minimum Gasteiger partial charge on any atom is -0.379 e. The maximum absolute atomic E-state index is 13.0. The number of pyridine rings is 1. The number of morpholine rings is 1. The summed E-state index contributed by atoms with van der Waals surface area (Å²) in [7, 11) is 0. The fourth-order valence-corrected chi connectivity index (χ4v) is 3.55. The zero-order valence-corrected chi connectivity index (χ0v) is 18.2. The minimum absolute atomic E-state index is 0.0433. The molecule has 1 saturated heterocycles. The topological polar surface area (TPSA) is 45.7 Å². The van der Waals surface area contributed by atoms with E-state index in [-0.39, 0.29) is 5.91 Å². The van der Waals surface area contributed by atoms with E-state index in [4.69, 9.17) is 4.74 Å². The lowest BCUT2D eigenvalue weighted by Crippen LogP contribution is -2.38. The normalized spacial score (nSPS) is 15.0. The van der Waals surface area contributed by atoms with Crippen molar-refractivity contribution in [3.63, 3.8) is 0 Å². The molecule has 1 amide bonds. The van der Waals surface area contributed by atoms with E-state index in [0.717, 1.165) is 56.9 Å². The average molecular weight is 408 g/mol. The van der Waals surface area contributed by atoms with Gasteiger partial charge in [0.2, 0.25) is 5.91 Å². The van der Waals surface area contributed by atoms with Gasteiger partial charge in [0.15, 0.2) is 0 Å². The van der Waals surface area contributed by atoms with Gasteiger partial charge in [0, 0.05) is 51.2 Å². The summed E-state index contributed by atoms with van der Waals surface area (Å²) in [5.41, 5.74) is 3.45. The standard InChI is InChI=1S/C25H33N3O2/c1-21(2)24-7-4-22(5-8-24)6-9-25(29)28(20-23-10-12-26-13-11-23)15-3-14-27-16-18-30-19-17-27/h4-13,21H,3,14-20H2,1-2H3/b9-6+. The van der Waals surface area contributed by atoms with Gasteiger partial charge in [0.1, 0.15) is 0 Å². The number of ether oxygens (including phenoxy) is 1. The van der Waals surface area contributed by atoms with E-state index in [1.165, 1.54) is 5.56 Å². The molecular weight excluding hydrogens is 374 g/mol. The molecule has 0 saturated carbocycles. The summed E-state index contributed by atoms with van der Waals surface area (Å²) in [6.45, 7) is 10.2. The quantitative estimate of drug-likeness (QED) is 0.590. The SMILES string of the molecule is CC(C)c1ccc(/C=C/C(=O)N(CCCN2CCOCC2)Cc2ccncc2)cc1. The van der Waals surface area contributed by atoms with E-state index in [0.29, 0.717) is 12.5 Å². The van der Waals surface area contributed by atoms with Gasteiger partial charge in [0.25, 0.3) is 0 Å². The van der Waals surface area contributed by atoms with E-state index in [1.54, 1.807) is 18.5 Å². The molecular formula is C25H33N3O2. The Bertz CT molecular complexity index is 797. The Kier molecular flexibility index (Phi) is 8.60. The highest BCUT2D eigenvalue weighted by Crippen LogP contribution is 2.15. The molecule has 5 heteroatoms. The van der Waals surface area contributed by atoms with Gasteiger partial charge in [-0.3, -0.25) is 14.7 Å². The molecule has 0 radical (unpaired) electrons. The number of carbonyl (C=O) groups is 1. The number of amides is 1. The number of benzene rings is 1. The third-order valence-corrected chi connectivity index (χ3v) is 5.46. The molecule has 2 heterocycles. The fourth-order valence-electron chi connectivity index (χ4n) is 3.55. The maximum Gasteiger partial charge on any atom is 0.246 e. The summed E-state index contributed by atoms with van der Waals surface area (Å²) in [6.07, 6.45) is 8.11. The first kappa shape index (κ1) is 22.2. The molecule has 3 rings (SSSR count). The Morgan fingerprint density at radius 2 is 1.83 bits per heavy atom. The van der Waals surface area contributed by atoms with Gasteiger partial charge in [-0.15, -0.1) is 0 Å². The van der Waals surface area contributed by atoms with Crippen molar-refractivity contribution >= 4 is 12.0 Å². The Hall–Kier alpha value is -2.50. The van der Waals surface area contributed by atoms with Crippen molar-refractivity contribution in [1.82, 2.24) is 14.8 Å². The van der Waals surface area contributed by atoms with Crippen LogP contribution in [-0.4, -0.2) is 60.1 Å². The summed E-state index contributed by atoms with van der Waals surface area (Å²) < 4.78 is 5.42. The van der Waals surface area contributed by atoms with Gasteiger partial charge in [-0.25, -0.2) is 0 Å². The highest BCUT2D eigenvalue weighted by atomic mass is 16.5. The molecule has 1 aromatic heterocycles. The minimum atomic E-state index is 0.0433. The largest absolute Gasteiger partial charge is 0.379 e. The van der Waals surface area contributed by atoms with E-state index in [1.807, 2.05) is 23.1 Å². The monoisotopic (exact) mass is 407 g/mol. The van der Waals surface area contributed by atoms with Crippen LogP contribution in [0.2, 0.25) is 0 Å². The maximum atomic E-state index is 13.0. The van der Waals surface area contributed by atoms with Crippen LogP contribution < -0.4 is 0 Å². The zero-order valence-electron chi connectivity index (χ0n) is 18.2. The predicted octanol–water partition coefficient (Wildman–Crippen LogP) is 3.97. The number of nitrogens with zero attached hydrogens (tertiary/aromatic N) is 3. The second-order valence-electron chi connectivity index (χ2n) is 8.08. The van der Waals surface area contributed by atoms with E-state index in [2.05, 4.69) is 48.0 Å². The van der Waals surface area contributed by atoms with Crippen LogP contribution in [0.1, 0.15) is 42.9 Å². The van der Waals surface area contributed by atoms with Crippen LogP contribution >= 0.6 is 0 Å². The fraction of sp³-hybridized carbons (Fsp3) is 0.440. The molecule has 0 bridgehead atoms. The average Bonchev–Trinajstić information content (AvgIpc) is 2.78. The van der Waals surface area contributed by atoms with Crippen LogP contribution in [0.5, 0.6) is 0 Å². The third-order valence-electron chi connectivity index (χ3n) is 5.46. The van der Waals surface area contributed by atoms with Crippen molar-refractivity contribution in [2.75, 3.05) is 39.4 Å². The second-order valence-corrected chi connectivity index (χ2v) is 8.08. The van der Waals surface area contributed by atoms with Crippen molar-refractivity contribution in [3.8, 4) is 0 Å². The van der Waals surface area contributed by atoms with Crippen LogP contribution in [0, 0.1) is 0 Å². The first-order valence-electron chi connectivity index (χ1n) is 10.9. The molecule has 0 N–H and O–H groups in total. The van der Waals surface area contributed by atoms with Crippen LogP contribution in [0.4, 0.5) is 0 Å². The molecule has 0 atom stereocenters. The molecule has 5 nitrogen and oxygen atoms in total. The summed E-state index contributed by atoms with van der Waals surface area (Å²) in [5, 5.41) is 0. The second kappa shape index (κ2) is 11.6. The summed E-state index contributed by atoms with van der Waals surface area (Å²) in [4.78, 5) is 21.4. The molecule has 2 aromatic rings.